The molecule has 5 nitrogen and oxygen atoms in total. The van der Waals surface area contributed by atoms with E-state index in [1.807, 2.05) is 14.1 Å². The Morgan fingerprint density at radius 3 is 2.48 bits per heavy atom. The van der Waals surface area contributed by atoms with Crippen molar-refractivity contribution in [3.05, 3.63) is 22.2 Å². The average Bonchev–Trinajstić information content (AvgIpc) is 2.76. The lowest BCUT2D eigenvalue weighted by Crippen LogP contribution is -2.36. The second-order valence-corrected chi connectivity index (χ2v) is 8.77. The zero-order valence-electron chi connectivity index (χ0n) is 12.8. The third kappa shape index (κ3) is 3.11. The van der Waals surface area contributed by atoms with Gasteiger partial charge in [-0.05, 0) is 44.6 Å². The molecule has 0 radical (unpaired) electrons. The fraction of sp³-hybridized carbons (Fsp3) is 0.571. The van der Waals surface area contributed by atoms with Gasteiger partial charge in [0.25, 0.3) is 0 Å². The maximum absolute atomic E-state index is 12.9. The van der Waals surface area contributed by atoms with Gasteiger partial charge in [0, 0.05) is 29.3 Å². The van der Waals surface area contributed by atoms with Gasteiger partial charge in [-0.2, -0.15) is 4.31 Å². The summed E-state index contributed by atoms with van der Waals surface area (Å²) in [5.74, 6) is 0.305. The number of hydrogen-bond acceptors (Lipinski definition) is 4. The minimum atomic E-state index is -3.52. The summed E-state index contributed by atoms with van der Waals surface area (Å²) >= 11 is 3.32. The summed E-state index contributed by atoms with van der Waals surface area (Å²) in [5.41, 5.74) is 6.99. The van der Waals surface area contributed by atoms with Crippen molar-refractivity contribution in [1.29, 1.82) is 0 Å². The molecule has 1 saturated heterocycles. The first-order valence-corrected chi connectivity index (χ1v) is 9.10. The minimum Gasteiger partial charge on any atom is -0.398 e. The van der Waals surface area contributed by atoms with Crippen molar-refractivity contribution in [3.63, 3.8) is 0 Å². The van der Waals surface area contributed by atoms with Crippen LogP contribution in [0.15, 0.2) is 21.5 Å². The zero-order valence-corrected chi connectivity index (χ0v) is 15.2. The molecule has 0 amide bonds. The highest BCUT2D eigenvalue weighted by Crippen LogP contribution is 2.32. The zero-order chi connectivity index (χ0) is 15.9. The van der Waals surface area contributed by atoms with Gasteiger partial charge >= 0.3 is 0 Å². The van der Waals surface area contributed by atoms with E-state index in [2.05, 4.69) is 27.8 Å². The number of halogens is 1. The van der Waals surface area contributed by atoms with Crippen molar-refractivity contribution in [3.8, 4) is 0 Å². The Hall–Kier alpha value is -0.630. The van der Waals surface area contributed by atoms with Gasteiger partial charge in [-0.1, -0.05) is 22.9 Å². The van der Waals surface area contributed by atoms with Crippen LogP contribution in [-0.2, 0) is 10.0 Å². The van der Waals surface area contributed by atoms with Gasteiger partial charge in [0.2, 0.25) is 10.0 Å². The van der Waals surface area contributed by atoms with E-state index in [9.17, 15) is 8.42 Å². The second kappa shape index (κ2) is 5.87. The lowest BCUT2D eigenvalue weighted by atomic mass is 10.1. The number of likely N-dealkylation sites (N-methyl/N-ethyl adjacent to an activating group) is 1. The van der Waals surface area contributed by atoms with E-state index in [-0.39, 0.29) is 6.04 Å². The summed E-state index contributed by atoms with van der Waals surface area (Å²) < 4.78 is 28.1. The molecule has 2 rings (SSSR count). The van der Waals surface area contributed by atoms with Crippen LogP contribution in [0.3, 0.4) is 0 Å². The normalized spacial score (nSPS) is 23.9. The number of sulfonamides is 1. The lowest BCUT2D eigenvalue weighted by molar-refractivity contribution is 0.263. The highest BCUT2D eigenvalue weighted by molar-refractivity contribution is 9.10. The Balaban J connectivity index is 2.41. The first kappa shape index (κ1) is 16.7. The Bertz CT molecular complexity index is 646. The van der Waals surface area contributed by atoms with Crippen LogP contribution in [0.1, 0.15) is 12.5 Å². The average molecular weight is 376 g/mol. The number of benzene rings is 1. The first-order chi connectivity index (χ1) is 9.64. The number of anilines is 1. The van der Waals surface area contributed by atoms with Crippen molar-refractivity contribution in [2.75, 3.05) is 32.9 Å². The molecule has 0 spiro atoms. The molecular formula is C14H22BrN3O2S. The monoisotopic (exact) mass is 375 g/mol. The predicted octanol–water partition coefficient (Wildman–Crippen LogP) is 1.91. The van der Waals surface area contributed by atoms with Crippen LogP contribution in [0, 0.1) is 12.8 Å². The molecule has 1 fully saturated rings. The van der Waals surface area contributed by atoms with Crippen LogP contribution in [-0.4, -0.2) is 50.8 Å². The molecule has 2 atom stereocenters. The number of rotatable bonds is 3. The van der Waals surface area contributed by atoms with E-state index in [1.54, 1.807) is 23.4 Å². The summed E-state index contributed by atoms with van der Waals surface area (Å²) in [6.45, 7) is 4.89. The highest BCUT2D eigenvalue weighted by atomic mass is 79.9. The molecule has 2 unspecified atom stereocenters. The van der Waals surface area contributed by atoms with Gasteiger partial charge in [0.15, 0.2) is 0 Å². The topological polar surface area (TPSA) is 66.6 Å². The predicted molar refractivity (Wildman–Crippen MR) is 88.7 cm³/mol. The molecule has 1 aromatic carbocycles. The van der Waals surface area contributed by atoms with E-state index >= 15 is 0 Å². The molecule has 2 N–H and O–H groups in total. The molecule has 1 aliphatic rings. The van der Waals surface area contributed by atoms with E-state index in [0.29, 0.717) is 39.6 Å². The molecule has 21 heavy (non-hydrogen) atoms. The molecular weight excluding hydrogens is 354 g/mol. The lowest BCUT2D eigenvalue weighted by Gasteiger charge is -2.22. The number of nitrogens with two attached hydrogens (primary N) is 1. The summed E-state index contributed by atoms with van der Waals surface area (Å²) in [5, 5.41) is 0. The standard InChI is InChI=1S/C14H22BrN3O2S/c1-9-7-18(8-13(9)17(3)4)21(19,20)14-6-11(15)5-12(16)10(14)2/h5-6,9,13H,7-8,16H2,1-4H3. The molecule has 7 heteroatoms. The maximum atomic E-state index is 12.9. The van der Waals surface area contributed by atoms with Gasteiger partial charge in [-0.25, -0.2) is 8.42 Å². The fourth-order valence-corrected chi connectivity index (χ4v) is 5.32. The minimum absolute atomic E-state index is 0.240. The fourth-order valence-electron chi connectivity index (χ4n) is 2.86. The van der Waals surface area contributed by atoms with E-state index in [1.165, 1.54) is 0 Å². The Labute approximate surface area is 135 Å². The van der Waals surface area contributed by atoms with Gasteiger partial charge < -0.3 is 10.6 Å². The third-order valence-electron chi connectivity index (χ3n) is 4.19. The molecule has 118 valence electrons. The van der Waals surface area contributed by atoms with Crippen molar-refractivity contribution in [1.82, 2.24) is 9.21 Å². The largest absolute Gasteiger partial charge is 0.398 e. The highest BCUT2D eigenvalue weighted by Gasteiger charge is 2.38. The molecule has 0 saturated carbocycles. The smallest absolute Gasteiger partial charge is 0.243 e. The maximum Gasteiger partial charge on any atom is 0.243 e. The molecule has 0 aliphatic carbocycles. The van der Waals surface area contributed by atoms with Gasteiger partial charge in [0.05, 0.1) is 4.90 Å². The first-order valence-electron chi connectivity index (χ1n) is 6.86. The van der Waals surface area contributed by atoms with Crippen molar-refractivity contribution in [2.24, 2.45) is 5.92 Å². The van der Waals surface area contributed by atoms with Gasteiger partial charge in [-0.15, -0.1) is 0 Å². The molecule has 1 aromatic rings. The summed E-state index contributed by atoms with van der Waals surface area (Å²) in [6, 6.07) is 3.60. The van der Waals surface area contributed by atoms with E-state index in [4.69, 9.17) is 5.73 Å². The Morgan fingerprint density at radius 2 is 1.95 bits per heavy atom. The quantitative estimate of drug-likeness (QED) is 0.819. The number of hydrogen-bond donors (Lipinski definition) is 1. The van der Waals surface area contributed by atoms with Gasteiger partial charge in [-0.3, -0.25) is 0 Å². The van der Waals surface area contributed by atoms with Crippen LogP contribution < -0.4 is 5.73 Å². The third-order valence-corrected chi connectivity index (χ3v) is 6.60. The van der Waals surface area contributed by atoms with Crippen molar-refractivity contribution < 1.29 is 8.42 Å². The van der Waals surface area contributed by atoms with Crippen molar-refractivity contribution in [2.45, 2.75) is 24.8 Å². The second-order valence-electron chi connectivity index (χ2n) is 5.95. The summed E-state index contributed by atoms with van der Waals surface area (Å²) in [4.78, 5) is 2.38. The molecule has 0 bridgehead atoms. The van der Waals surface area contributed by atoms with E-state index in [0.717, 1.165) is 0 Å². The molecule has 1 aliphatic heterocycles. The van der Waals surface area contributed by atoms with E-state index < -0.39 is 10.0 Å². The Kier molecular flexibility index (Phi) is 4.68. The summed E-state index contributed by atoms with van der Waals surface area (Å²) in [6.07, 6.45) is 0. The molecule has 0 aromatic heterocycles. The molecule has 1 heterocycles. The van der Waals surface area contributed by atoms with Crippen LogP contribution in [0.25, 0.3) is 0 Å². The van der Waals surface area contributed by atoms with Crippen LogP contribution in [0.5, 0.6) is 0 Å². The number of nitrogen functional groups attached to an aromatic ring is 1. The SMILES string of the molecule is Cc1c(N)cc(Br)cc1S(=O)(=O)N1CC(C)C(N(C)C)C1. The van der Waals surface area contributed by atoms with Crippen LogP contribution in [0.2, 0.25) is 0 Å². The number of nitrogens with zero attached hydrogens (tertiary/aromatic N) is 2. The van der Waals surface area contributed by atoms with Crippen LogP contribution in [0.4, 0.5) is 5.69 Å². The summed E-state index contributed by atoms with van der Waals surface area (Å²) in [7, 11) is 0.454. The van der Waals surface area contributed by atoms with Gasteiger partial charge in [0.1, 0.15) is 0 Å². The van der Waals surface area contributed by atoms with Crippen LogP contribution >= 0.6 is 15.9 Å². The Morgan fingerprint density at radius 1 is 1.33 bits per heavy atom. The van der Waals surface area contributed by atoms with Crippen molar-refractivity contribution >= 4 is 31.6 Å².